The van der Waals surface area contributed by atoms with Crippen molar-refractivity contribution in [3.8, 4) is 0 Å². The Labute approximate surface area is 120 Å². The number of rotatable bonds is 1. The summed E-state index contributed by atoms with van der Waals surface area (Å²) in [5.41, 5.74) is 4.61. The van der Waals surface area contributed by atoms with E-state index in [2.05, 4.69) is 14.9 Å². The molecule has 0 unspecified atom stereocenters. The predicted molar refractivity (Wildman–Crippen MR) is 80.6 cm³/mol. The van der Waals surface area contributed by atoms with E-state index in [1.807, 2.05) is 37.3 Å². The molecular weight excluding hydrogens is 270 g/mol. The fraction of sp³-hybridized carbons (Fsp3) is 0.200. The van der Waals surface area contributed by atoms with Gasteiger partial charge in [-0.05, 0) is 19.1 Å². The van der Waals surface area contributed by atoms with Crippen LogP contribution in [0.4, 0.5) is 5.69 Å². The van der Waals surface area contributed by atoms with Gasteiger partial charge in [-0.25, -0.2) is 4.98 Å². The number of para-hydroxylation sites is 1. The number of imidazole rings is 1. The minimum Gasteiger partial charge on any atom is -0.321 e. The normalized spacial score (nSPS) is 18.2. The van der Waals surface area contributed by atoms with Gasteiger partial charge in [0.05, 0.1) is 17.0 Å². The summed E-state index contributed by atoms with van der Waals surface area (Å²) < 4.78 is 2.20. The lowest BCUT2D eigenvalue weighted by molar-refractivity contribution is -0.110. The van der Waals surface area contributed by atoms with Gasteiger partial charge in [-0.1, -0.05) is 30.0 Å². The highest BCUT2D eigenvalue weighted by Crippen LogP contribution is 2.35. The van der Waals surface area contributed by atoms with Crippen molar-refractivity contribution in [2.75, 3.05) is 11.1 Å². The molecule has 1 amide bonds. The van der Waals surface area contributed by atoms with Crippen molar-refractivity contribution in [3.05, 3.63) is 41.2 Å². The van der Waals surface area contributed by atoms with Crippen LogP contribution in [-0.4, -0.2) is 21.2 Å². The highest BCUT2D eigenvalue weighted by molar-refractivity contribution is 7.99. The Kier molecular flexibility index (Phi) is 2.50. The largest absolute Gasteiger partial charge is 0.321 e. The van der Waals surface area contributed by atoms with E-state index < -0.39 is 0 Å². The summed E-state index contributed by atoms with van der Waals surface area (Å²) in [7, 11) is 0. The Hall–Kier alpha value is -2.01. The number of amides is 1. The summed E-state index contributed by atoms with van der Waals surface area (Å²) in [6.45, 7) is 2.96. The van der Waals surface area contributed by atoms with E-state index in [0.29, 0.717) is 0 Å². The van der Waals surface area contributed by atoms with Gasteiger partial charge in [0.15, 0.2) is 5.16 Å². The first-order chi connectivity index (χ1) is 9.74. The minimum atomic E-state index is -0.0354. The highest BCUT2D eigenvalue weighted by atomic mass is 32.2. The van der Waals surface area contributed by atoms with Gasteiger partial charge < -0.3 is 9.88 Å². The zero-order valence-electron chi connectivity index (χ0n) is 11.0. The first-order valence-corrected chi connectivity index (χ1v) is 7.55. The maximum Gasteiger partial charge on any atom is 0.256 e. The number of anilines is 1. The van der Waals surface area contributed by atoms with Gasteiger partial charge in [0, 0.05) is 23.5 Å². The van der Waals surface area contributed by atoms with E-state index in [9.17, 15) is 4.79 Å². The molecule has 3 heterocycles. The molecule has 0 spiro atoms. The Bertz CT molecular complexity index is 760. The number of carbonyl (C=O) groups excluding carboxylic acids is 1. The van der Waals surface area contributed by atoms with Crippen LogP contribution in [0.1, 0.15) is 17.0 Å². The maximum atomic E-state index is 12.2. The molecule has 4 nitrogen and oxygen atoms in total. The molecule has 1 aromatic heterocycles. The Morgan fingerprint density at radius 2 is 2.25 bits per heavy atom. The Balaban J connectivity index is 1.87. The van der Waals surface area contributed by atoms with Crippen LogP contribution in [0.25, 0.3) is 11.6 Å². The topological polar surface area (TPSA) is 46.9 Å². The number of carbonyl (C=O) groups is 1. The number of hydrogen-bond donors (Lipinski definition) is 1. The lowest BCUT2D eigenvalue weighted by Crippen LogP contribution is -2.05. The number of benzene rings is 1. The van der Waals surface area contributed by atoms with E-state index in [1.165, 1.54) is 0 Å². The van der Waals surface area contributed by atoms with Crippen LogP contribution in [-0.2, 0) is 11.3 Å². The summed E-state index contributed by atoms with van der Waals surface area (Å²) in [5.74, 6) is 1.02. The van der Waals surface area contributed by atoms with Gasteiger partial charge >= 0.3 is 0 Å². The van der Waals surface area contributed by atoms with E-state index in [4.69, 9.17) is 0 Å². The zero-order chi connectivity index (χ0) is 13.7. The van der Waals surface area contributed by atoms with Crippen molar-refractivity contribution in [3.63, 3.8) is 0 Å². The van der Waals surface area contributed by atoms with Gasteiger partial charge in [0.2, 0.25) is 0 Å². The number of nitrogens with zero attached hydrogens (tertiary/aromatic N) is 2. The SMILES string of the molecule is Cc1nc2n(c1/C=C1/C(=O)Nc3ccccc31)CCS2. The third-order valence-electron chi connectivity index (χ3n) is 3.69. The van der Waals surface area contributed by atoms with Crippen LogP contribution in [0.5, 0.6) is 0 Å². The molecule has 100 valence electrons. The monoisotopic (exact) mass is 283 g/mol. The molecular formula is C15H13N3OS. The van der Waals surface area contributed by atoms with E-state index in [1.54, 1.807) is 11.8 Å². The second kappa shape index (κ2) is 4.24. The summed E-state index contributed by atoms with van der Waals surface area (Å²) >= 11 is 1.77. The van der Waals surface area contributed by atoms with Crippen LogP contribution in [0, 0.1) is 6.92 Å². The van der Waals surface area contributed by atoms with E-state index in [-0.39, 0.29) is 5.91 Å². The molecule has 2 aliphatic heterocycles. The molecule has 0 atom stereocenters. The molecule has 5 heteroatoms. The average Bonchev–Trinajstić information content (AvgIpc) is 3.07. The van der Waals surface area contributed by atoms with Crippen LogP contribution in [0.3, 0.4) is 0 Å². The van der Waals surface area contributed by atoms with Crippen LogP contribution in [0.2, 0.25) is 0 Å². The molecule has 4 rings (SSSR count). The molecule has 0 fully saturated rings. The quantitative estimate of drug-likeness (QED) is 0.819. The second-order valence-electron chi connectivity index (χ2n) is 4.92. The van der Waals surface area contributed by atoms with Crippen molar-refractivity contribution in [1.29, 1.82) is 0 Å². The number of fused-ring (bicyclic) bond motifs is 2. The van der Waals surface area contributed by atoms with Gasteiger partial charge in [0.25, 0.3) is 5.91 Å². The molecule has 2 aromatic rings. The van der Waals surface area contributed by atoms with Crippen LogP contribution in [0.15, 0.2) is 29.4 Å². The Morgan fingerprint density at radius 1 is 1.40 bits per heavy atom. The van der Waals surface area contributed by atoms with Gasteiger partial charge in [-0.15, -0.1) is 0 Å². The lowest BCUT2D eigenvalue weighted by Gasteiger charge is -2.02. The molecule has 0 bridgehead atoms. The predicted octanol–water partition coefficient (Wildman–Crippen LogP) is 2.79. The van der Waals surface area contributed by atoms with E-state index in [0.717, 1.165) is 45.7 Å². The molecule has 0 aliphatic carbocycles. The van der Waals surface area contributed by atoms with E-state index >= 15 is 0 Å². The molecule has 2 aliphatic rings. The van der Waals surface area contributed by atoms with Crippen LogP contribution < -0.4 is 5.32 Å². The smallest absolute Gasteiger partial charge is 0.256 e. The standard InChI is InChI=1S/C15H13N3OS/c1-9-13(18-6-7-20-15(18)16-9)8-11-10-4-2-3-5-12(10)17-14(11)19/h2-5,8H,6-7H2,1H3,(H,17,19)/b11-8+. The fourth-order valence-corrected chi connectivity index (χ4v) is 3.72. The first kappa shape index (κ1) is 11.8. The highest BCUT2D eigenvalue weighted by Gasteiger charge is 2.25. The summed E-state index contributed by atoms with van der Waals surface area (Å²) in [6, 6.07) is 7.79. The maximum absolute atomic E-state index is 12.2. The molecule has 20 heavy (non-hydrogen) atoms. The average molecular weight is 283 g/mol. The number of aryl methyl sites for hydroxylation is 1. The number of hydrogen-bond acceptors (Lipinski definition) is 3. The third kappa shape index (κ3) is 1.63. The van der Waals surface area contributed by atoms with Crippen molar-refractivity contribution in [2.24, 2.45) is 0 Å². The van der Waals surface area contributed by atoms with Crippen LogP contribution >= 0.6 is 11.8 Å². The summed E-state index contributed by atoms with van der Waals surface area (Å²) in [6.07, 6.45) is 1.97. The lowest BCUT2D eigenvalue weighted by atomic mass is 10.1. The van der Waals surface area contributed by atoms with Gasteiger partial charge in [0.1, 0.15) is 0 Å². The zero-order valence-corrected chi connectivity index (χ0v) is 11.8. The van der Waals surface area contributed by atoms with Crippen molar-refractivity contribution < 1.29 is 4.79 Å². The fourth-order valence-electron chi connectivity index (χ4n) is 2.72. The molecule has 0 saturated carbocycles. The third-order valence-corrected chi connectivity index (χ3v) is 4.65. The molecule has 1 aromatic carbocycles. The molecule has 0 radical (unpaired) electrons. The minimum absolute atomic E-state index is 0.0354. The second-order valence-corrected chi connectivity index (χ2v) is 5.98. The van der Waals surface area contributed by atoms with Gasteiger partial charge in [-0.2, -0.15) is 0 Å². The molecule has 0 saturated heterocycles. The van der Waals surface area contributed by atoms with Crippen molar-refractivity contribution in [1.82, 2.24) is 9.55 Å². The Morgan fingerprint density at radius 3 is 3.15 bits per heavy atom. The summed E-state index contributed by atoms with van der Waals surface area (Å²) in [5, 5.41) is 3.96. The first-order valence-electron chi connectivity index (χ1n) is 6.56. The summed E-state index contributed by atoms with van der Waals surface area (Å²) in [4.78, 5) is 16.7. The van der Waals surface area contributed by atoms with Gasteiger partial charge in [-0.3, -0.25) is 4.79 Å². The number of aromatic nitrogens is 2. The van der Waals surface area contributed by atoms with Crippen molar-refractivity contribution in [2.45, 2.75) is 18.6 Å². The molecule has 1 N–H and O–H groups in total. The van der Waals surface area contributed by atoms with Crippen molar-refractivity contribution >= 4 is 35.0 Å². The number of nitrogens with one attached hydrogen (secondary N) is 1. The number of thioether (sulfide) groups is 1.